The number of benzene rings is 4. The zero-order valence-electron chi connectivity index (χ0n) is 28.0. The summed E-state index contributed by atoms with van der Waals surface area (Å²) >= 11 is 0. The zero-order valence-corrected chi connectivity index (χ0v) is 29.8. The van der Waals surface area contributed by atoms with Gasteiger partial charge >= 0.3 is 0 Å². The van der Waals surface area contributed by atoms with Crippen LogP contribution < -0.4 is 21.2 Å². The van der Waals surface area contributed by atoms with Crippen LogP contribution in [-0.2, 0) is 0 Å². The van der Waals surface area contributed by atoms with E-state index >= 15 is 0 Å². The van der Waals surface area contributed by atoms with Crippen LogP contribution in [0.1, 0.15) is 99.3 Å². The van der Waals surface area contributed by atoms with Gasteiger partial charge in [-0.2, -0.15) is 0 Å². The van der Waals surface area contributed by atoms with Crippen LogP contribution in [0.5, 0.6) is 0 Å². The lowest BCUT2D eigenvalue weighted by molar-refractivity contribution is 0.548. The fourth-order valence-corrected chi connectivity index (χ4v) is 10.8. The first-order chi connectivity index (χ1) is 21.5. The van der Waals surface area contributed by atoms with E-state index in [1.165, 1.54) is 133 Å². The summed E-state index contributed by atoms with van der Waals surface area (Å²) in [6.45, 7) is 8.76. The monoisotopic (exact) mass is 622 g/mol. The lowest BCUT2D eigenvalue weighted by Gasteiger charge is -2.19. The van der Waals surface area contributed by atoms with Gasteiger partial charge in [0.2, 0.25) is 0 Å². The van der Waals surface area contributed by atoms with Crippen LogP contribution in [0.25, 0.3) is 0 Å². The largest absolute Gasteiger partial charge is 0.0587 e. The van der Waals surface area contributed by atoms with Gasteiger partial charge in [-0.3, -0.25) is 0 Å². The van der Waals surface area contributed by atoms with E-state index in [9.17, 15) is 0 Å². The van der Waals surface area contributed by atoms with Gasteiger partial charge in [0.15, 0.2) is 0 Å². The molecule has 0 aliphatic carbocycles. The van der Waals surface area contributed by atoms with E-state index in [-0.39, 0.29) is 15.8 Å². The van der Waals surface area contributed by atoms with E-state index < -0.39 is 0 Å². The molecule has 0 aromatic heterocycles. The van der Waals surface area contributed by atoms with Gasteiger partial charge < -0.3 is 0 Å². The zero-order chi connectivity index (χ0) is 31.0. The second-order valence-corrected chi connectivity index (χ2v) is 17.6. The Morgan fingerprint density at radius 3 is 0.659 bits per heavy atom. The summed E-state index contributed by atoms with van der Waals surface area (Å²) in [5, 5.41) is 6.14. The van der Waals surface area contributed by atoms with Crippen molar-refractivity contribution in [3.8, 4) is 0 Å². The summed E-state index contributed by atoms with van der Waals surface area (Å²) in [6.07, 6.45) is 19.4. The lowest BCUT2D eigenvalue weighted by Crippen LogP contribution is -2.14. The smallest absolute Gasteiger partial charge is 0.0195 e. The molecule has 0 nitrogen and oxygen atoms in total. The Hall–Kier alpha value is -2.26. The minimum absolute atomic E-state index is 0.244. The molecule has 0 spiro atoms. The maximum atomic E-state index is 2.37. The van der Waals surface area contributed by atoms with Crippen molar-refractivity contribution in [3.05, 3.63) is 119 Å². The van der Waals surface area contributed by atoms with Gasteiger partial charge in [-0.25, -0.2) is 0 Å². The van der Waals surface area contributed by atoms with Crippen molar-refractivity contribution in [1.82, 2.24) is 0 Å². The Kier molecular flexibility index (Phi) is 15.2. The van der Waals surface area contributed by atoms with Crippen molar-refractivity contribution < 1.29 is 0 Å². The molecule has 0 N–H and O–H groups in total. The van der Waals surface area contributed by atoms with Crippen molar-refractivity contribution >= 4 is 37.1 Å². The number of aryl methyl sites for hydroxylation is 4. The Morgan fingerprint density at radius 1 is 0.273 bits per heavy atom. The van der Waals surface area contributed by atoms with Crippen LogP contribution in [0.4, 0.5) is 0 Å². The highest BCUT2D eigenvalue weighted by molar-refractivity contribution is 7.73. The van der Waals surface area contributed by atoms with Crippen molar-refractivity contribution in [1.29, 1.82) is 0 Å². The van der Waals surface area contributed by atoms with Crippen LogP contribution in [0, 0.1) is 27.7 Å². The van der Waals surface area contributed by atoms with Gasteiger partial charge in [0.25, 0.3) is 0 Å². The summed E-state index contributed by atoms with van der Waals surface area (Å²) in [6, 6.07) is 37.2. The Morgan fingerprint density at radius 2 is 0.455 bits per heavy atom. The van der Waals surface area contributed by atoms with E-state index in [1.54, 1.807) is 0 Å². The predicted octanol–water partition coefficient (Wildman–Crippen LogP) is 11.2. The molecule has 0 saturated carbocycles. The molecule has 4 aromatic carbocycles. The van der Waals surface area contributed by atoms with Crippen molar-refractivity contribution in [2.75, 3.05) is 12.3 Å². The molecular weight excluding hydrogens is 566 g/mol. The maximum absolute atomic E-state index is 2.37. The average Bonchev–Trinajstić information content (AvgIpc) is 3.03. The van der Waals surface area contributed by atoms with Crippen LogP contribution in [0.2, 0.25) is 0 Å². The van der Waals surface area contributed by atoms with E-state index in [1.807, 2.05) is 0 Å². The van der Waals surface area contributed by atoms with E-state index in [0.29, 0.717) is 0 Å². The SMILES string of the molecule is Cc1ccc(P(CCCCCCCCCCCCCCP(c2ccc(C)cc2)c2ccc(C)cc2)c2ccc(C)cc2)cc1. The summed E-state index contributed by atoms with van der Waals surface area (Å²) in [5.74, 6) is 0. The van der Waals surface area contributed by atoms with Gasteiger partial charge in [-0.15, -0.1) is 0 Å². The highest BCUT2D eigenvalue weighted by atomic mass is 31.1. The fourth-order valence-electron chi connectivity index (χ4n) is 6.02. The van der Waals surface area contributed by atoms with Crippen LogP contribution in [-0.4, -0.2) is 12.3 Å². The minimum Gasteiger partial charge on any atom is -0.0587 e. The van der Waals surface area contributed by atoms with E-state index in [4.69, 9.17) is 0 Å². The van der Waals surface area contributed by atoms with Gasteiger partial charge in [0.1, 0.15) is 0 Å². The van der Waals surface area contributed by atoms with E-state index in [0.717, 1.165) is 0 Å². The lowest BCUT2D eigenvalue weighted by atomic mass is 10.1. The molecule has 0 fully saturated rings. The van der Waals surface area contributed by atoms with E-state index in [2.05, 4.69) is 125 Å². The number of unbranched alkanes of at least 4 members (excludes halogenated alkanes) is 11. The van der Waals surface area contributed by atoms with Gasteiger partial charge in [-0.1, -0.05) is 184 Å². The molecule has 0 radical (unpaired) electrons. The van der Waals surface area contributed by atoms with Gasteiger partial charge in [0, 0.05) is 0 Å². The summed E-state index contributed by atoms with van der Waals surface area (Å²) in [7, 11) is -0.489. The molecule has 44 heavy (non-hydrogen) atoms. The van der Waals surface area contributed by atoms with Gasteiger partial charge in [-0.05, 0) is 89.9 Å². The first kappa shape index (κ1) is 34.6. The molecule has 0 atom stereocenters. The minimum atomic E-state index is -0.244. The molecule has 0 amide bonds. The quantitative estimate of drug-likeness (QED) is 0.0721. The molecular formula is C42H56P2. The van der Waals surface area contributed by atoms with Gasteiger partial charge in [0.05, 0.1) is 0 Å². The highest BCUT2D eigenvalue weighted by Gasteiger charge is 2.14. The second-order valence-electron chi connectivity index (χ2n) is 12.9. The summed E-state index contributed by atoms with van der Waals surface area (Å²) in [5.41, 5.74) is 5.42. The molecule has 0 aliphatic heterocycles. The van der Waals surface area contributed by atoms with Crippen molar-refractivity contribution in [2.45, 2.75) is 105 Å². The highest BCUT2D eigenvalue weighted by Crippen LogP contribution is 2.36. The first-order valence-electron chi connectivity index (χ1n) is 17.3. The van der Waals surface area contributed by atoms with Crippen molar-refractivity contribution in [3.63, 3.8) is 0 Å². The molecule has 0 aliphatic rings. The molecule has 0 heterocycles. The third-order valence-corrected chi connectivity index (χ3v) is 14.1. The third-order valence-electron chi connectivity index (χ3n) is 8.90. The van der Waals surface area contributed by atoms with Crippen LogP contribution in [0.3, 0.4) is 0 Å². The fraction of sp³-hybridized carbons (Fsp3) is 0.429. The topological polar surface area (TPSA) is 0 Å². The molecule has 0 unspecified atom stereocenters. The second kappa shape index (κ2) is 19.3. The molecule has 0 bridgehead atoms. The summed E-state index contributed by atoms with van der Waals surface area (Å²) < 4.78 is 0. The third kappa shape index (κ3) is 11.9. The number of hydrogen-bond donors (Lipinski definition) is 0. The Labute approximate surface area is 272 Å². The predicted molar refractivity (Wildman–Crippen MR) is 202 cm³/mol. The number of hydrogen-bond acceptors (Lipinski definition) is 0. The normalized spacial score (nSPS) is 11.5. The Bertz CT molecular complexity index is 1120. The molecule has 234 valence electrons. The van der Waals surface area contributed by atoms with Crippen LogP contribution >= 0.6 is 15.8 Å². The summed E-state index contributed by atoms with van der Waals surface area (Å²) in [4.78, 5) is 0. The standard InChI is InChI=1S/C42H56P2/c1-35-17-25-39(26-18-35)43(40-27-19-36(2)20-28-40)33-15-13-11-9-7-5-6-8-10-12-14-16-34-44(41-29-21-37(3)22-30-41)42-31-23-38(4)24-32-42/h17-32H,5-16,33-34H2,1-4H3. The maximum Gasteiger partial charge on any atom is -0.0195 e. The van der Waals surface area contributed by atoms with Crippen molar-refractivity contribution in [2.24, 2.45) is 0 Å². The molecule has 0 saturated heterocycles. The number of rotatable bonds is 19. The molecule has 4 aromatic rings. The molecule has 4 rings (SSSR count). The average molecular weight is 623 g/mol. The molecule has 2 heteroatoms. The van der Waals surface area contributed by atoms with Crippen LogP contribution in [0.15, 0.2) is 97.1 Å². The first-order valence-corrected chi connectivity index (χ1v) is 20.4. The Balaban J connectivity index is 1.05.